The average Bonchev–Trinajstić information content (AvgIpc) is 2.24. The number of hydrogen-bond donors (Lipinski definition) is 2. The van der Waals surface area contributed by atoms with Gasteiger partial charge >= 0.3 is 6.18 Å². The maximum absolute atomic E-state index is 12.2. The SMILES string of the molecule is COc1ccc(S(=O)(=O)NC(C)CC(F)(F)F)c(N)c1. The molecule has 20 heavy (non-hydrogen) atoms. The molecule has 1 unspecified atom stereocenters. The molecule has 0 spiro atoms. The van der Waals surface area contributed by atoms with E-state index in [2.05, 4.69) is 0 Å². The number of methoxy groups -OCH3 is 1. The van der Waals surface area contributed by atoms with Crippen LogP contribution in [0.1, 0.15) is 13.3 Å². The van der Waals surface area contributed by atoms with Gasteiger partial charge in [-0.3, -0.25) is 0 Å². The van der Waals surface area contributed by atoms with Gasteiger partial charge < -0.3 is 10.5 Å². The predicted molar refractivity (Wildman–Crippen MR) is 67.9 cm³/mol. The second kappa shape index (κ2) is 5.88. The molecular formula is C11H15F3N2O3S. The van der Waals surface area contributed by atoms with Gasteiger partial charge in [0.15, 0.2) is 0 Å². The molecule has 0 aliphatic carbocycles. The summed E-state index contributed by atoms with van der Waals surface area (Å²) in [4.78, 5) is -0.285. The maximum Gasteiger partial charge on any atom is 0.390 e. The standard InChI is InChI=1S/C11H15F3N2O3S/c1-7(6-11(12,13)14)16-20(17,18)10-4-3-8(19-2)5-9(10)15/h3-5,7,16H,6,15H2,1-2H3. The van der Waals surface area contributed by atoms with Crippen LogP contribution >= 0.6 is 0 Å². The lowest BCUT2D eigenvalue weighted by Gasteiger charge is -2.17. The van der Waals surface area contributed by atoms with E-state index >= 15 is 0 Å². The number of benzene rings is 1. The molecule has 9 heteroatoms. The highest BCUT2D eigenvalue weighted by Crippen LogP contribution is 2.25. The minimum absolute atomic E-state index is 0.101. The third-order valence-corrected chi connectivity index (χ3v) is 4.06. The molecule has 0 saturated heterocycles. The van der Waals surface area contributed by atoms with Crippen molar-refractivity contribution in [1.29, 1.82) is 0 Å². The third-order valence-electron chi connectivity index (χ3n) is 2.40. The smallest absolute Gasteiger partial charge is 0.390 e. The molecule has 5 nitrogen and oxygen atoms in total. The van der Waals surface area contributed by atoms with Crippen LogP contribution in [0.4, 0.5) is 18.9 Å². The minimum atomic E-state index is -4.45. The Labute approximate surface area is 115 Å². The fraction of sp³-hybridized carbons (Fsp3) is 0.455. The molecule has 0 heterocycles. The Bertz CT molecular complexity index is 573. The third kappa shape index (κ3) is 4.57. The van der Waals surface area contributed by atoms with E-state index in [1.54, 1.807) is 0 Å². The highest BCUT2D eigenvalue weighted by Gasteiger charge is 2.32. The highest BCUT2D eigenvalue weighted by molar-refractivity contribution is 7.89. The second-order valence-electron chi connectivity index (χ2n) is 4.25. The molecular weight excluding hydrogens is 297 g/mol. The van der Waals surface area contributed by atoms with Crippen molar-refractivity contribution in [2.24, 2.45) is 0 Å². The van der Waals surface area contributed by atoms with Gasteiger partial charge in [0.1, 0.15) is 10.6 Å². The Morgan fingerprint density at radius 3 is 2.45 bits per heavy atom. The summed E-state index contributed by atoms with van der Waals surface area (Å²) in [6, 6.07) is 2.53. The number of halogens is 3. The van der Waals surface area contributed by atoms with E-state index < -0.39 is 28.7 Å². The molecule has 0 fully saturated rings. The van der Waals surface area contributed by atoms with E-state index in [0.29, 0.717) is 5.75 Å². The van der Waals surface area contributed by atoms with Crippen LogP contribution in [0.5, 0.6) is 5.75 Å². The molecule has 0 aliphatic rings. The summed E-state index contributed by atoms with van der Waals surface area (Å²) in [6.45, 7) is 1.13. The second-order valence-corrected chi connectivity index (χ2v) is 5.93. The van der Waals surface area contributed by atoms with E-state index in [1.807, 2.05) is 4.72 Å². The monoisotopic (exact) mass is 312 g/mol. The van der Waals surface area contributed by atoms with Crippen molar-refractivity contribution in [3.8, 4) is 5.75 Å². The van der Waals surface area contributed by atoms with Crippen LogP contribution in [-0.4, -0.2) is 27.7 Å². The molecule has 1 aromatic rings. The Hall–Kier alpha value is -1.48. The van der Waals surface area contributed by atoms with Gasteiger partial charge in [0.05, 0.1) is 19.2 Å². The molecule has 1 rings (SSSR count). The number of anilines is 1. The van der Waals surface area contributed by atoms with E-state index in [-0.39, 0.29) is 10.6 Å². The van der Waals surface area contributed by atoms with Crippen molar-refractivity contribution in [2.75, 3.05) is 12.8 Å². The normalized spacial score (nSPS) is 14.1. The number of rotatable bonds is 5. The average molecular weight is 312 g/mol. The van der Waals surface area contributed by atoms with E-state index in [1.165, 1.54) is 25.3 Å². The molecule has 0 saturated carbocycles. The van der Waals surface area contributed by atoms with Gasteiger partial charge in [-0.2, -0.15) is 13.2 Å². The van der Waals surface area contributed by atoms with Gasteiger partial charge in [0, 0.05) is 12.1 Å². The van der Waals surface area contributed by atoms with Crippen molar-refractivity contribution in [3.63, 3.8) is 0 Å². The Morgan fingerprint density at radius 2 is 2.00 bits per heavy atom. The summed E-state index contributed by atoms with van der Waals surface area (Å²) in [7, 11) is -2.74. The van der Waals surface area contributed by atoms with Crippen LogP contribution in [0.2, 0.25) is 0 Å². The number of ether oxygens (including phenoxy) is 1. The molecule has 1 aromatic carbocycles. The summed E-state index contributed by atoms with van der Waals surface area (Å²) >= 11 is 0. The zero-order valence-corrected chi connectivity index (χ0v) is 11.7. The molecule has 1 atom stereocenters. The first-order valence-corrected chi connectivity index (χ1v) is 7.06. The van der Waals surface area contributed by atoms with Crippen molar-refractivity contribution in [3.05, 3.63) is 18.2 Å². The molecule has 0 radical (unpaired) electrons. The number of nitrogens with two attached hydrogens (primary N) is 1. The van der Waals surface area contributed by atoms with Crippen LogP contribution in [0.25, 0.3) is 0 Å². The molecule has 3 N–H and O–H groups in total. The molecule has 0 aliphatic heterocycles. The first-order chi connectivity index (χ1) is 9.05. The summed E-state index contributed by atoms with van der Waals surface area (Å²) < 4.78 is 67.3. The van der Waals surface area contributed by atoms with Gasteiger partial charge in [-0.1, -0.05) is 0 Å². The quantitative estimate of drug-likeness (QED) is 0.814. The topological polar surface area (TPSA) is 81.4 Å². The highest BCUT2D eigenvalue weighted by atomic mass is 32.2. The van der Waals surface area contributed by atoms with Crippen LogP contribution in [0.15, 0.2) is 23.1 Å². The fourth-order valence-corrected chi connectivity index (χ4v) is 2.97. The van der Waals surface area contributed by atoms with Gasteiger partial charge in [-0.15, -0.1) is 0 Å². The van der Waals surface area contributed by atoms with Crippen LogP contribution in [0.3, 0.4) is 0 Å². The lowest BCUT2D eigenvalue weighted by Crippen LogP contribution is -2.36. The summed E-state index contributed by atoms with van der Waals surface area (Å²) in [5, 5.41) is 0. The van der Waals surface area contributed by atoms with Crippen LogP contribution in [0, 0.1) is 0 Å². The zero-order chi connectivity index (χ0) is 15.6. The van der Waals surface area contributed by atoms with Gasteiger partial charge in [0.2, 0.25) is 10.0 Å². The predicted octanol–water partition coefficient (Wildman–Crippen LogP) is 1.90. The van der Waals surface area contributed by atoms with E-state index in [4.69, 9.17) is 10.5 Å². The lowest BCUT2D eigenvalue weighted by molar-refractivity contribution is -0.137. The van der Waals surface area contributed by atoms with Crippen LogP contribution in [-0.2, 0) is 10.0 Å². The molecule has 114 valence electrons. The largest absolute Gasteiger partial charge is 0.497 e. The van der Waals surface area contributed by atoms with Crippen molar-refractivity contribution >= 4 is 15.7 Å². The molecule has 0 bridgehead atoms. The van der Waals surface area contributed by atoms with Crippen molar-refractivity contribution in [1.82, 2.24) is 4.72 Å². The van der Waals surface area contributed by atoms with Crippen molar-refractivity contribution < 1.29 is 26.3 Å². The molecule has 0 aromatic heterocycles. The van der Waals surface area contributed by atoms with E-state index in [9.17, 15) is 21.6 Å². The first kappa shape index (κ1) is 16.6. The van der Waals surface area contributed by atoms with Gasteiger partial charge in [-0.05, 0) is 19.1 Å². The number of nitrogen functional groups attached to an aromatic ring is 1. The Kier molecular flexibility index (Phi) is 4.87. The number of sulfonamides is 1. The fourth-order valence-electron chi connectivity index (χ4n) is 1.62. The summed E-state index contributed by atoms with van der Waals surface area (Å²) in [5.74, 6) is 0.352. The van der Waals surface area contributed by atoms with E-state index in [0.717, 1.165) is 6.92 Å². The molecule has 0 amide bonds. The maximum atomic E-state index is 12.2. The Balaban J connectivity index is 2.94. The Morgan fingerprint density at radius 1 is 1.40 bits per heavy atom. The van der Waals surface area contributed by atoms with Crippen LogP contribution < -0.4 is 15.2 Å². The minimum Gasteiger partial charge on any atom is -0.497 e. The van der Waals surface area contributed by atoms with Gasteiger partial charge in [-0.25, -0.2) is 13.1 Å². The zero-order valence-electron chi connectivity index (χ0n) is 10.9. The number of alkyl halides is 3. The number of nitrogens with one attached hydrogen (secondary N) is 1. The number of hydrogen-bond acceptors (Lipinski definition) is 4. The first-order valence-electron chi connectivity index (χ1n) is 5.58. The summed E-state index contributed by atoms with van der Waals surface area (Å²) in [6.07, 6.45) is -5.71. The summed E-state index contributed by atoms with van der Waals surface area (Å²) in [5.41, 5.74) is 5.46. The van der Waals surface area contributed by atoms with Crippen molar-refractivity contribution in [2.45, 2.75) is 30.5 Å². The lowest BCUT2D eigenvalue weighted by atomic mass is 10.2. The van der Waals surface area contributed by atoms with Gasteiger partial charge in [0.25, 0.3) is 0 Å².